The molecule has 0 unspecified atom stereocenters. The Hall–Kier alpha value is -1.89. The lowest BCUT2D eigenvalue weighted by Crippen LogP contribution is -2.42. The van der Waals surface area contributed by atoms with Crippen LogP contribution in [-0.2, 0) is 9.53 Å². The van der Waals surface area contributed by atoms with Gasteiger partial charge in [0.15, 0.2) is 0 Å². The van der Waals surface area contributed by atoms with E-state index in [0.717, 1.165) is 43.4 Å². The second kappa shape index (κ2) is 8.10. The lowest BCUT2D eigenvalue weighted by atomic mass is 9.96. The van der Waals surface area contributed by atoms with E-state index in [2.05, 4.69) is 20.2 Å². The second-order valence-corrected chi connectivity index (χ2v) is 6.11. The van der Waals surface area contributed by atoms with Crippen LogP contribution in [0, 0.1) is 12.8 Å². The minimum absolute atomic E-state index is 0.0706. The van der Waals surface area contributed by atoms with E-state index in [1.54, 1.807) is 7.11 Å². The smallest absolute Gasteiger partial charge is 0.227 e. The molecule has 1 N–H and O–H groups in total. The molecule has 0 aliphatic carbocycles. The molecule has 0 atom stereocenters. The van der Waals surface area contributed by atoms with Gasteiger partial charge in [0.2, 0.25) is 11.9 Å². The van der Waals surface area contributed by atoms with Gasteiger partial charge in [-0.1, -0.05) is 0 Å². The first-order chi connectivity index (χ1) is 11.0. The molecule has 1 aliphatic heterocycles. The van der Waals surface area contributed by atoms with E-state index in [1.165, 1.54) is 0 Å². The summed E-state index contributed by atoms with van der Waals surface area (Å²) in [5.74, 6) is 1.86. The molecule has 128 valence electrons. The number of rotatable bonds is 6. The van der Waals surface area contributed by atoms with Crippen LogP contribution in [0.4, 0.5) is 11.8 Å². The van der Waals surface area contributed by atoms with Gasteiger partial charge < -0.3 is 19.9 Å². The molecule has 1 aromatic rings. The fourth-order valence-corrected chi connectivity index (χ4v) is 2.67. The van der Waals surface area contributed by atoms with Crippen molar-refractivity contribution in [3.8, 4) is 0 Å². The Labute approximate surface area is 138 Å². The second-order valence-electron chi connectivity index (χ2n) is 6.11. The number of nitrogens with zero attached hydrogens (tertiary/aromatic N) is 4. The van der Waals surface area contributed by atoms with Crippen LogP contribution in [0.2, 0.25) is 0 Å². The van der Waals surface area contributed by atoms with E-state index in [1.807, 2.05) is 32.0 Å². The van der Waals surface area contributed by atoms with Crippen LogP contribution >= 0.6 is 0 Å². The highest BCUT2D eigenvalue weighted by molar-refractivity contribution is 5.78. The van der Waals surface area contributed by atoms with E-state index in [9.17, 15) is 4.79 Å². The highest BCUT2D eigenvalue weighted by Crippen LogP contribution is 2.22. The van der Waals surface area contributed by atoms with Crippen molar-refractivity contribution in [1.29, 1.82) is 0 Å². The lowest BCUT2D eigenvalue weighted by Gasteiger charge is -2.31. The van der Waals surface area contributed by atoms with Gasteiger partial charge in [0.1, 0.15) is 5.82 Å². The largest absolute Gasteiger partial charge is 0.383 e. The summed E-state index contributed by atoms with van der Waals surface area (Å²) in [7, 11) is 5.58. The molecule has 23 heavy (non-hydrogen) atoms. The molecule has 1 amide bonds. The Kier molecular flexibility index (Phi) is 6.15. The van der Waals surface area contributed by atoms with Gasteiger partial charge >= 0.3 is 0 Å². The van der Waals surface area contributed by atoms with Gasteiger partial charge in [-0.25, -0.2) is 4.98 Å². The van der Waals surface area contributed by atoms with Gasteiger partial charge in [-0.15, -0.1) is 0 Å². The average Bonchev–Trinajstić information content (AvgIpc) is 2.54. The molecule has 0 saturated carbocycles. The van der Waals surface area contributed by atoms with E-state index in [-0.39, 0.29) is 11.8 Å². The maximum Gasteiger partial charge on any atom is 0.227 e. The first-order valence-corrected chi connectivity index (χ1v) is 8.06. The lowest BCUT2D eigenvalue weighted by molar-refractivity contribution is -0.125. The first-order valence-electron chi connectivity index (χ1n) is 8.06. The molecule has 1 aliphatic rings. The average molecular weight is 321 g/mol. The normalized spacial score (nSPS) is 15.6. The summed E-state index contributed by atoms with van der Waals surface area (Å²) < 4.78 is 4.95. The third-order valence-electron chi connectivity index (χ3n) is 4.04. The number of piperidine rings is 1. The van der Waals surface area contributed by atoms with Gasteiger partial charge in [-0.3, -0.25) is 4.79 Å². The molecular formula is C16H27N5O2. The van der Waals surface area contributed by atoms with Gasteiger partial charge in [-0.2, -0.15) is 4.98 Å². The van der Waals surface area contributed by atoms with Crippen molar-refractivity contribution in [2.24, 2.45) is 5.92 Å². The number of methoxy groups -OCH3 is 1. The molecule has 0 bridgehead atoms. The van der Waals surface area contributed by atoms with E-state index in [0.29, 0.717) is 13.2 Å². The summed E-state index contributed by atoms with van der Waals surface area (Å²) in [5, 5.41) is 2.92. The molecular weight excluding hydrogens is 294 g/mol. The molecule has 7 heteroatoms. The van der Waals surface area contributed by atoms with Gasteiger partial charge in [0.25, 0.3) is 0 Å². The van der Waals surface area contributed by atoms with Gasteiger partial charge in [-0.05, 0) is 19.8 Å². The highest BCUT2D eigenvalue weighted by atomic mass is 16.5. The number of anilines is 2. The Morgan fingerprint density at radius 3 is 2.70 bits per heavy atom. The Balaban J connectivity index is 1.93. The van der Waals surface area contributed by atoms with Crippen molar-refractivity contribution in [1.82, 2.24) is 15.3 Å². The van der Waals surface area contributed by atoms with Crippen molar-refractivity contribution in [3.63, 3.8) is 0 Å². The molecule has 1 aromatic heterocycles. The summed E-state index contributed by atoms with van der Waals surface area (Å²) in [6.07, 6.45) is 1.65. The number of aryl methyl sites for hydroxylation is 1. The number of carbonyl (C=O) groups excluding carboxylic acids is 1. The van der Waals surface area contributed by atoms with Crippen molar-refractivity contribution in [2.45, 2.75) is 19.8 Å². The van der Waals surface area contributed by atoms with Crippen LogP contribution in [0.15, 0.2) is 6.07 Å². The molecule has 1 saturated heterocycles. The number of amides is 1. The van der Waals surface area contributed by atoms with E-state index < -0.39 is 0 Å². The van der Waals surface area contributed by atoms with Gasteiger partial charge in [0, 0.05) is 58.5 Å². The Morgan fingerprint density at radius 2 is 2.09 bits per heavy atom. The minimum atomic E-state index is 0.0706. The molecule has 2 rings (SSSR count). The number of carbonyl (C=O) groups is 1. The van der Waals surface area contributed by atoms with Crippen LogP contribution < -0.4 is 15.1 Å². The molecule has 7 nitrogen and oxygen atoms in total. The first kappa shape index (κ1) is 17.5. The maximum absolute atomic E-state index is 12.1. The standard InChI is InChI=1S/C16H27N5O2/c1-12-11-14(20(2)3)19-16(18-12)21-8-5-13(6-9-21)15(22)17-7-10-23-4/h11,13H,5-10H2,1-4H3,(H,17,22). The zero-order valence-electron chi connectivity index (χ0n) is 14.5. The minimum Gasteiger partial charge on any atom is -0.383 e. The highest BCUT2D eigenvalue weighted by Gasteiger charge is 2.26. The molecule has 0 spiro atoms. The van der Waals surface area contributed by atoms with Crippen LogP contribution in [0.1, 0.15) is 18.5 Å². The molecule has 1 fully saturated rings. The third-order valence-corrected chi connectivity index (χ3v) is 4.04. The monoisotopic (exact) mass is 321 g/mol. The summed E-state index contributed by atoms with van der Waals surface area (Å²) in [4.78, 5) is 25.4. The SMILES string of the molecule is COCCNC(=O)C1CCN(c2nc(C)cc(N(C)C)n2)CC1. The van der Waals surface area contributed by atoms with Crippen molar-refractivity contribution in [3.05, 3.63) is 11.8 Å². The maximum atomic E-state index is 12.1. The number of ether oxygens (including phenoxy) is 1. The van der Waals surface area contributed by atoms with E-state index >= 15 is 0 Å². The molecule has 0 radical (unpaired) electrons. The summed E-state index contributed by atoms with van der Waals surface area (Å²) in [6.45, 7) is 4.71. The third kappa shape index (κ3) is 4.79. The summed E-state index contributed by atoms with van der Waals surface area (Å²) in [6, 6.07) is 1.97. The zero-order valence-corrected chi connectivity index (χ0v) is 14.5. The van der Waals surface area contributed by atoms with Crippen molar-refractivity contribution < 1.29 is 9.53 Å². The van der Waals surface area contributed by atoms with Gasteiger partial charge in [0.05, 0.1) is 6.61 Å². The predicted octanol–water partition coefficient (Wildman–Crippen LogP) is 0.830. The molecule has 0 aromatic carbocycles. The number of hydrogen-bond acceptors (Lipinski definition) is 6. The number of aromatic nitrogens is 2. The van der Waals surface area contributed by atoms with Crippen LogP contribution in [0.5, 0.6) is 0 Å². The van der Waals surface area contributed by atoms with Crippen LogP contribution in [0.25, 0.3) is 0 Å². The quantitative estimate of drug-likeness (QED) is 0.783. The fraction of sp³-hybridized carbons (Fsp3) is 0.688. The topological polar surface area (TPSA) is 70.6 Å². The predicted molar refractivity (Wildman–Crippen MR) is 90.9 cm³/mol. The summed E-state index contributed by atoms with van der Waals surface area (Å²) in [5.41, 5.74) is 0.957. The fourth-order valence-electron chi connectivity index (χ4n) is 2.67. The Bertz CT molecular complexity index is 527. The summed E-state index contributed by atoms with van der Waals surface area (Å²) >= 11 is 0. The number of nitrogens with one attached hydrogen (secondary N) is 1. The van der Waals surface area contributed by atoms with Crippen LogP contribution in [0.3, 0.4) is 0 Å². The van der Waals surface area contributed by atoms with E-state index in [4.69, 9.17) is 4.74 Å². The molecule has 2 heterocycles. The van der Waals surface area contributed by atoms with Crippen molar-refractivity contribution >= 4 is 17.7 Å². The van der Waals surface area contributed by atoms with Crippen molar-refractivity contribution in [2.75, 3.05) is 57.2 Å². The Morgan fingerprint density at radius 1 is 1.39 bits per heavy atom. The zero-order chi connectivity index (χ0) is 16.8. The number of hydrogen-bond donors (Lipinski definition) is 1. The van der Waals surface area contributed by atoms with Crippen LogP contribution in [-0.4, -0.2) is 63.3 Å².